The van der Waals surface area contributed by atoms with Gasteiger partial charge in [-0.3, -0.25) is 37.3 Å². The van der Waals surface area contributed by atoms with Crippen LogP contribution in [0.2, 0.25) is 0 Å². The lowest BCUT2D eigenvalue weighted by Crippen LogP contribution is -2.30. The molecule has 0 saturated carbocycles. The lowest BCUT2D eigenvalue weighted by Gasteiger charge is -2.21. The smallest absolute Gasteiger partial charge is 0.462 e. The second-order valence-corrected chi connectivity index (χ2v) is 28.1. The van der Waals surface area contributed by atoms with Crippen molar-refractivity contribution in [3.63, 3.8) is 0 Å². The molecular formula is C79H136O17P2. The van der Waals surface area contributed by atoms with Gasteiger partial charge >= 0.3 is 39.5 Å². The Morgan fingerprint density at radius 3 is 0.898 bits per heavy atom. The summed E-state index contributed by atoms with van der Waals surface area (Å²) in [4.78, 5) is 72.8. The van der Waals surface area contributed by atoms with Gasteiger partial charge in [0.2, 0.25) is 0 Å². The van der Waals surface area contributed by atoms with E-state index in [0.717, 1.165) is 154 Å². The van der Waals surface area contributed by atoms with Crippen LogP contribution in [0.1, 0.15) is 310 Å². The van der Waals surface area contributed by atoms with Crippen molar-refractivity contribution in [3.05, 3.63) is 109 Å². The zero-order valence-electron chi connectivity index (χ0n) is 61.4. The van der Waals surface area contributed by atoms with Crippen LogP contribution in [0.25, 0.3) is 0 Å². The summed E-state index contributed by atoms with van der Waals surface area (Å²) in [7, 11) is -9.97. The minimum absolute atomic E-state index is 0.0649. The van der Waals surface area contributed by atoms with Gasteiger partial charge in [-0.2, -0.15) is 0 Å². The zero-order chi connectivity index (χ0) is 71.8. The summed E-state index contributed by atoms with van der Waals surface area (Å²) in [6, 6.07) is 0. The molecule has 98 heavy (non-hydrogen) atoms. The van der Waals surface area contributed by atoms with E-state index in [1.54, 1.807) is 0 Å². The van der Waals surface area contributed by atoms with E-state index in [1.165, 1.54) is 70.6 Å². The number of carbonyl (C=O) groups excluding carboxylic acids is 4. The van der Waals surface area contributed by atoms with Crippen molar-refractivity contribution in [2.75, 3.05) is 39.6 Å². The highest BCUT2D eigenvalue weighted by atomic mass is 31.2. The minimum Gasteiger partial charge on any atom is -0.462 e. The Morgan fingerprint density at radius 2 is 0.561 bits per heavy atom. The van der Waals surface area contributed by atoms with Gasteiger partial charge in [0.05, 0.1) is 26.4 Å². The predicted octanol–water partition coefficient (Wildman–Crippen LogP) is 21.8. The molecule has 0 heterocycles. The van der Waals surface area contributed by atoms with Gasteiger partial charge in [0.25, 0.3) is 0 Å². The third-order valence-corrected chi connectivity index (χ3v) is 17.6. The van der Waals surface area contributed by atoms with Crippen LogP contribution in [0.15, 0.2) is 109 Å². The first-order chi connectivity index (χ1) is 47.7. The molecule has 0 radical (unpaired) electrons. The van der Waals surface area contributed by atoms with Crippen LogP contribution in [0, 0.1) is 0 Å². The number of rotatable bonds is 71. The standard InChI is InChI=1S/C79H136O17P2/c1-5-9-13-17-21-25-29-33-35-36-38-42-44-48-52-56-60-64-77(82)90-70-75(96-79(84)66-62-58-54-50-46-40-32-28-24-20-16-12-8-4)72-94-98(87,88)92-68-73(80)67-91-97(85,86)93-71-74(95-78(83)65-61-57-53-49-45-39-31-27-23-19-15-11-7-3)69-89-76(81)63-59-55-51-47-43-41-37-34-30-26-22-18-14-10-6-2/h9,13,15-16,19-21,25,27-28,31-33,35,38,42,48,52,73-75,80H,5-8,10-12,14,17-18,22-24,26,29-30,34,36-37,39-41,43-47,49-51,53-72H2,1-4H3,(H,85,86)(H,87,88)/b13-9-,19-15-,20-16-,25-21-,31-27-,32-28-,35-33-,42-38-,52-48-. The van der Waals surface area contributed by atoms with Crippen LogP contribution >= 0.6 is 15.6 Å². The maximum absolute atomic E-state index is 13.1. The molecule has 0 aliphatic rings. The first kappa shape index (κ1) is 93.7. The molecule has 0 aliphatic heterocycles. The molecule has 5 atom stereocenters. The van der Waals surface area contributed by atoms with Crippen molar-refractivity contribution in [2.24, 2.45) is 0 Å². The van der Waals surface area contributed by atoms with E-state index in [4.69, 9.17) is 37.0 Å². The monoisotopic (exact) mass is 1420 g/mol. The molecule has 19 heteroatoms. The second kappa shape index (κ2) is 71.1. The molecule has 0 bridgehead atoms. The quantitative estimate of drug-likeness (QED) is 0.0169. The number of phosphoric ester groups is 2. The topological polar surface area (TPSA) is 237 Å². The fourth-order valence-electron chi connectivity index (χ4n) is 9.92. The number of hydrogen-bond acceptors (Lipinski definition) is 15. The van der Waals surface area contributed by atoms with E-state index >= 15 is 0 Å². The van der Waals surface area contributed by atoms with Crippen LogP contribution in [0.4, 0.5) is 0 Å². The van der Waals surface area contributed by atoms with Gasteiger partial charge in [-0.25, -0.2) is 9.13 Å². The number of ether oxygens (including phenoxy) is 4. The van der Waals surface area contributed by atoms with Gasteiger partial charge in [-0.05, 0) is 116 Å². The SMILES string of the molecule is CC/C=C\C/C=C\C/C=C\C/C=C\C/C=C\CCCC(=O)OCC(COP(=O)(O)OCC(O)COP(=O)(O)OCC(COC(=O)CCCCCCCCCCCCCCCCC)OC(=O)CCCCCCC/C=C\C/C=C\CCC)OC(=O)CCCCCCC/C=C\C/C=C\CCC. The number of unbranched alkanes of at least 4 members (excludes halogenated alkanes) is 27. The number of esters is 4. The molecule has 0 fully saturated rings. The third kappa shape index (κ3) is 70.2. The summed E-state index contributed by atoms with van der Waals surface area (Å²) in [5, 5.41) is 10.6. The molecule has 0 aromatic heterocycles. The van der Waals surface area contributed by atoms with Crippen LogP contribution in [0.3, 0.4) is 0 Å². The maximum Gasteiger partial charge on any atom is 0.472 e. The highest BCUT2D eigenvalue weighted by molar-refractivity contribution is 7.47. The van der Waals surface area contributed by atoms with E-state index in [0.29, 0.717) is 32.1 Å². The largest absolute Gasteiger partial charge is 0.472 e. The fraction of sp³-hybridized carbons (Fsp3) is 0.722. The van der Waals surface area contributed by atoms with Crippen molar-refractivity contribution in [1.29, 1.82) is 0 Å². The van der Waals surface area contributed by atoms with Crippen LogP contribution in [-0.2, 0) is 65.4 Å². The van der Waals surface area contributed by atoms with Gasteiger partial charge in [-0.15, -0.1) is 0 Å². The van der Waals surface area contributed by atoms with Gasteiger partial charge in [0.15, 0.2) is 12.2 Å². The molecule has 0 aromatic rings. The van der Waals surface area contributed by atoms with E-state index in [9.17, 15) is 43.2 Å². The summed E-state index contributed by atoms with van der Waals surface area (Å²) in [5.74, 6) is -2.26. The number of aliphatic hydroxyl groups is 1. The Labute approximate surface area is 594 Å². The molecule has 0 rings (SSSR count). The highest BCUT2D eigenvalue weighted by Gasteiger charge is 2.30. The van der Waals surface area contributed by atoms with E-state index in [-0.39, 0.29) is 25.7 Å². The van der Waals surface area contributed by atoms with Gasteiger partial charge in [0, 0.05) is 25.7 Å². The molecule has 0 aromatic carbocycles. The van der Waals surface area contributed by atoms with Crippen molar-refractivity contribution < 1.29 is 80.2 Å². The normalized spacial score (nSPS) is 14.6. The number of aliphatic hydroxyl groups excluding tert-OH is 1. The lowest BCUT2D eigenvalue weighted by molar-refractivity contribution is -0.161. The number of carbonyl (C=O) groups is 4. The Kier molecular flexibility index (Phi) is 68.0. The van der Waals surface area contributed by atoms with Crippen LogP contribution < -0.4 is 0 Å². The molecule has 5 unspecified atom stereocenters. The molecule has 0 spiro atoms. The Balaban J connectivity index is 5.39. The molecule has 0 saturated heterocycles. The lowest BCUT2D eigenvalue weighted by atomic mass is 10.0. The third-order valence-electron chi connectivity index (χ3n) is 15.7. The molecule has 564 valence electrons. The second-order valence-electron chi connectivity index (χ2n) is 25.2. The molecule has 17 nitrogen and oxygen atoms in total. The first-order valence-electron chi connectivity index (χ1n) is 38.1. The molecule has 0 amide bonds. The Hall–Kier alpha value is -4.28. The van der Waals surface area contributed by atoms with Crippen LogP contribution in [-0.4, -0.2) is 96.7 Å². The Morgan fingerprint density at radius 1 is 0.296 bits per heavy atom. The fourth-order valence-corrected chi connectivity index (χ4v) is 11.5. The summed E-state index contributed by atoms with van der Waals surface area (Å²) in [6.45, 7) is 4.55. The highest BCUT2D eigenvalue weighted by Crippen LogP contribution is 2.45. The van der Waals surface area contributed by atoms with Crippen molar-refractivity contribution in [1.82, 2.24) is 0 Å². The summed E-state index contributed by atoms with van der Waals surface area (Å²) < 4.78 is 68.4. The van der Waals surface area contributed by atoms with Gasteiger partial charge in [0.1, 0.15) is 19.3 Å². The number of phosphoric acid groups is 2. The summed E-state index contributed by atoms with van der Waals surface area (Å²) in [6.07, 6.45) is 75.2. The molecule has 3 N–H and O–H groups in total. The summed E-state index contributed by atoms with van der Waals surface area (Å²) in [5.41, 5.74) is 0. The minimum atomic E-state index is -4.99. The van der Waals surface area contributed by atoms with E-state index < -0.39 is 97.5 Å². The molecule has 0 aliphatic carbocycles. The average molecular weight is 1420 g/mol. The number of hydrogen-bond donors (Lipinski definition) is 3. The summed E-state index contributed by atoms with van der Waals surface area (Å²) >= 11 is 0. The molecular weight excluding hydrogens is 1280 g/mol. The van der Waals surface area contributed by atoms with E-state index in [2.05, 4.69) is 125 Å². The van der Waals surface area contributed by atoms with Crippen molar-refractivity contribution in [3.8, 4) is 0 Å². The Bertz CT molecular complexity index is 2290. The predicted molar refractivity (Wildman–Crippen MR) is 399 cm³/mol. The van der Waals surface area contributed by atoms with Crippen molar-refractivity contribution in [2.45, 2.75) is 329 Å². The average Bonchev–Trinajstić information content (AvgIpc) is 0.969. The van der Waals surface area contributed by atoms with E-state index in [1.807, 2.05) is 12.2 Å². The number of allylic oxidation sites excluding steroid dienone is 18. The van der Waals surface area contributed by atoms with Gasteiger partial charge < -0.3 is 33.8 Å². The van der Waals surface area contributed by atoms with Crippen molar-refractivity contribution >= 4 is 39.5 Å². The van der Waals surface area contributed by atoms with Gasteiger partial charge in [-0.1, -0.05) is 278 Å². The van der Waals surface area contributed by atoms with Crippen LogP contribution in [0.5, 0.6) is 0 Å². The maximum atomic E-state index is 13.1. The zero-order valence-corrected chi connectivity index (χ0v) is 63.2. The first-order valence-corrected chi connectivity index (χ1v) is 41.1.